The minimum Gasteiger partial charge on any atom is -0.491 e. The van der Waals surface area contributed by atoms with E-state index >= 15 is 0 Å². The maximum absolute atomic E-state index is 12.1. The fraction of sp³-hybridized carbons (Fsp3) is 0.240. The van der Waals surface area contributed by atoms with Crippen molar-refractivity contribution in [3.63, 3.8) is 0 Å². The van der Waals surface area contributed by atoms with E-state index in [-0.39, 0.29) is 11.3 Å². The zero-order chi connectivity index (χ0) is 24.4. The number of methoxy groups -OCH3 is 1. The zero-order valence-corrected chi connectivity index (χ0v) is 18.8. The van der Waals surface area contributed by atoms with Crippen LogP contribution in [0.4, 0.5) is 0 Å². The second-order valence-corrected chi connectivity index (χ2v) is 7.06. The largest absolute Gasteiger partial charge is 0.491 e. The summed E-state index contributed by atoms with van der Waals surface area (Å²) in [4.78, 5) is 35.3. The Bertz CT molecular complexity index is 1040. The highest BCUT2D eigenvalue weighted by atomic mass is 16.6. The third-order valence-corrected chi connectivity index (χ3v) is 4.08. The maximum atomic E-state index is 12.1. The lowest BCUT2D eigenvalue weighted by Crippen LogP contribution is -2.19. The minimum absolute atomic E-state index is 0.177. The second kappa shape index (κ2) is 12.2. The van der Waals surface area contributed by atoms with Crippen LogP contribution in [0, 0.1) is 0 Å². The summed E-state index contributed by atoms with van der Waals surface area (Å²) in [6.45, 7) is 10.2. The molecule has 0 spiro atoms. The monoisotopic (exact) mass is 454 g/mol. The van der Waals surface area contributed by atoms with Gasteiger partial charge in [0.15, 0.2) is 6.61 Å². The molecule has 2 rings (SSSR count). The van der Waals surface area contributed by atoms with Crippen LogP contribution in [-0.2, 0) is 23.9 Å². The smallest absolute Gasteiger partial charge is 0.349 e. The molecule has 0 saturated heterocycles. The molecule has 33 heavy (non-hydrogen) atoms. The molecule has 0 unspecified atom stereocenters. The number of esters is 3. The Labute approximate surface area is 192 Å². The molecule has 8 nitrogen and oxygen atoms in total. The normalized spacial score (nSPS) is 10.2. The van der Waals surface area contributed by atoms with E-state index in [2.05, 4.69) is 13.2 Å². The number of hydrogen-bond donors (Lipinski definition) is 0. The van der Waals surface area contributed by atoms with Gasteiger partial charge in [-0.1, -0.05) is 25.3 Å². The Morgan fingerprint density at radius 2 is 1.39 bits per heavy atom. The predicted octanol–water partition coefficient (Wildman–Crippen LogP) is 3.89. The molecule has 174 valence electrons. The Hall–Kier alpha value is -3.91. The van der Waals surface area contributed by atoms with Crippen LogP contribution in [-0.4, -0.2) is 44.8 Å². The highest BCUT2D eigenvalue weighted by Crippen LogP contribution is 2.31. The number of benzene rings is 2. The van der Waals surface area contributed by atoms with Gasteiger partial charge < -0.3 is 23.7 Å². The summed E-state index contributed by atoms with van der Waals surface area (Å²) in [6.07, 6.45) is 0. The first-order chi connectivity index (χ1) is 15.7. The fourth-order valence-corrected chi connectivity index (χ4v) is 2.44. The molecule has 0 aliphatic carbocycles. The van der Waals surface area contributed by atoms with Crippen LogP contribution >= 0.6 is 0 Å². The van der Waals surface area contributed by atoms with Crippen LogP contribution in [0.1, 0.15) is 13.8 Å². The summed E-state index contributed by atoms with van der Waals surface area (Å²) in [5.74, 6) is -0.940. The van der Waals surface area contributed by atoms with E-state index in [1.807, 2.05) is 0 Å². The molecule has 0 bridgehead atoms. The first-order valence-corrected chi connectivity index (χ1v) is 9.98. The highest BCUT2D eigenvalue weighted by Gasteiger charge is 2.13. The lowest BCUT2D eigenvalue weighted by Gasteiger charge is -2.12. The third-order valence-electron chi connectivity index (χ3n) is 4.08. The Morgan fingerprint density at radius 3 is 2.00 bits per heavy atom. The van der Waals surface area contributed by atoms with E-state index in [1.54, 1.807) is 56.5 Å². The van der Waals surface area contributed by atoms with Gasteiger partial charge >= 0.3 is 17.9 Å². The first kappa shape index (κ1) is 25.4. The molecule has 0 amide bonds. The molecule has 0 saturated carbocycles. The van der Waals surface area contributed by atoms with E-state index in [0.29, 0.717) is 35.8 Å². The van der Waals surface area contributed by atoms with Crippen molar-refractivity contribution in [2.75, 3.05) is 26.9 Å². The van der Waals surface area contributed by atoms with Gasteiger partial charge in [-0.05, 0) is 49.2 Å². The van der Waals surface area contributed by atoms with Gasteiger partial charge in [0.1, 0.15) is 23.9 Å². The van der Waals surface area contributed by atoms with Crippen LogP contribution in [0.3, 0.4) is 0 Å². The molecule has 0 radical (unpaired) electrons. The van der Waals surface area contributed by atoms with Gasteiger partial charge in [-0.15, -0.1) is 0 Å². The number of ether oxygens (including phenoxy) is 5. The standard InChI is InChI=1S/C25H26O8/c1-16(2)24(27)31-15-23(26)32-22-13-19(12-21(14-22)30-11-10-29-5)18-6-8-20(9-7-18)33-25(28)17(3)4/h6-9,12-14H,1,3,10-11,15H2,2,4-5H3. The molecule has 0 aliphatic rings. The quantitative estimate of drug-likeness (QED) is 0.218. The van der Waals surface area contributed by atoms with Crippen molar-refractivity contribution < 1.29 is 38.1 Å². The molecule has 0 aliphatic heterocycles. The molecule has 0 atom stereocenters. The molecule has 0 N–H and O–H groups in total. The van der Waals surface area contributed by atoms with Crippen LogP contribution < -0.4 is 14.2 Å². The first-order valence-electron chi connectivity index (χ1n) is 9.98. The van der Waals surface area contributed by atoms with Crippen molar-refractivity contribution in [1.82, 2.24) is 0 Å². The molecular formula is C25H26O8. The van der Waals surface area contributed by atoms with Crippen LogP contribution in [0.5, 0.6) is 17.2 Å². The highest BCUT2D eigenvalue weighted by molar-refractivity contribution is 5.89. The van der Waals surface area contributed by atoms with Crippen LogP contribution in [0.15, 0.2) is 66.8 Å². The van der Waals surface area contributed by atoms with Crippen molar-refractivity contribution in [2.24, 2.45) is 0 Å². The van der Waals surface area contributed by atoms with Gasteiger partial charge in [0, 0.05) is 24.3 Å². The number of hydrogen-bond acceptors (Lipinski definition) is 8. The topological polar surface area (TPSA) is 97.4 Å². The molecule has 2 aromatic rings. The predicted molar refractivity (Wildman–Crippen MR) is 121 cm³/mol. The molecule has 8 heteroatoms. The average molecular weight is 454 g/mol. The number of carbonyl (C=O) groups excluding carboxylic acids is 3. The molecule has 0 aromatic heterocycles. The lowest BCUT2D eigenvalue weighted by atomic mass is 10.0. The van der Waals surface area contributed by atoms with E-state index in [1.165, 1.54) is 6.92 Å². The summed E-state index contributed by atoms with van der Waals surface area (Å²) in [5, 5.41) is 0. The minimum atomic E-state index is -0.758. The van der Waals surface area contributed by atoms with Crippen LogP contribution in [0.25, 0.3) is 11.1 Å². The Morgan fingerprint density at radius 1 is 0.758 bits per heavy atom. The van der Waals surface area contributed by atoms with Crippen LogP contribution in [0.2, 0.25) is 0 Å². The second-order valence-electron chi connectivity index (χ2n) is 7.06. The van der Waals surface area contributed by atoms with Crippen molar-refractivity contribution in [3.8, 4) is 28.4 Å². The molecular weight excluding hydrogens is 428 g/mol. The zero-order valence-electron chi connectivity index (χ0n) is 18.8. The van der Waals surface area contributed by atoms with Gasteiger partial charge in [0.05, 0.1) is 6.61 Å². The van der Waals surface area contributed by atoms with Gasteiger partial charge in [0.2, 0.25) is 0 Å². The van der Waals surface area contributed by atoms with Crippen molar-refractivity contribution in [3.05, 3.63) is 66.8 Å². The van der Waals surface area contributed by atoms with E-state index in [4.69, 9.17) is 23.7 Å². The average Bonchev–Trinajstić information content (AvgIpc) is 2.77. The summed E-state index contributed by atoms with van der Waals surface area (Å²) in [7, 11) is 1.56. The Balaban J connectivity index is 2.22. The summed E-state index contributed by atoms with van der Waals surface area (Å²) < 4.78 is 26.0. The summed E-state index contributed by atoms with van der Waals surface area (Å²) >= 11 is 0. The van der Waals surface area contributed by atoms with E-state index < -0.39 is 24.5 Å². The van der Waals surface area contributed by atoms with Gasteiger partial charge in [-0.3, -0.25) is 0 Å². The fourth-order valence-electron chi connectivity index (χ4n) is 2.44. The summed E-state index contributed by atoms with van der Waals surface area (Å²) in [5.41, 5.74) is 1.91. The maximum Gasteiger partial charge on any atom is 0.349 e. The molecule has 0 fully saturated rings. The molecule has 0 heterocycles. The van der Waals surface area contributed by atoms with Gasteiger partial charge in [0.25, 0.3) is 0 Å². The van der Waals surface area contributed by atoms with E-state index in [0.717, 1.165) is 5.56 Å². The lowest BCUT2D eigenvalue weighted by molar-refractivity contribution is -0.150. The van der Waals surface area contributed by atoms with Crippen molar-refractivity contribution in [1.29, 1.82) is 0 Å². The van der Waals surface area contributed by atoms with Gasteiger partial charge in [-0.2, -0.15) is 0 Å². The number of carbonyl (C=O) groups is 3. The van der Waals surface area contributed by atoms with E-state index in [9.17, 15) is 14.4 Å². The third kappa shape index (κ3) is 8.27. The van der Waals surface area contributed by atoms with Crippen molar-refractivity contribution >= 4 is 17.9 Å². The Kier molecular flexibility index (Phi) is 9.38. The SMILES string of the molecule is C=C(C)C(=O)OCC(=O)Oc1cc(OCCOC)cc(-c2ccc(OC(=O)C(=C)C)cc2)c1. The van der Waals surface area contributed by atoms with Gasteiger partial charge in [-0.25, -0.2) is 14.4 Å². The number of rotatable bonds is 11. The van der Waals surface area contributed by atoms with Crippen molar-refractivity contribution in [2.45, 2.75) is 13.8 Å². The molecule has 2 aromatic carbocycles. The summed E-state index contributed by atoms with van der Waals surface area (Å²) in [6, 6.07) is 11.7.